The van der Waals surface area contributed by atoms with Crippen molar-refractivity contribution in [3.05, 3.63) is 86.7 Å². The summed E-state index contributed by atoms with van der Waals surface area (Å²) in [6.45, 7) is 4.04. The Bertz CT molecular complexity index is 980. The first-order valence-electron chi connectivity index (χ1n) is 8.49. The number of halogens is 1. The molecule has 1 heterocycles. The lowest BCUT2D eigenvalue weighted by atomic mass is 10.1. The van der Waals surface area contributed by atoms with Gasteiger partial charge in [-0.15, -0.1) is 0 Å². The number of aliphatic hydroxyl groups is 1. The van der Waals surface area contributed by atoms with Crippen LogP contribution in [0.2, 0.25) is 0 Å². The van der Waals surface area contributed by atoms with E-state index in [2.05, 4.69) is 49.8 Å². The third-order valence-electron chi connectivity index (χ3n) is 4.31. The quantitative estimate of drug-likeness (QED) is 0.336. The number of carbonyl (C=O) groups excluding carboxylic acids is 1. The molecule has 0 saturated carbocycles. The number of para-hydroxylation sites is 1. The van der Waals surface area contributed by atoms with Crippen molar-refractivity contribution >= 4 is 34.7 Å². The topological polar surface area (TPSA) is 66.6 Å². The largest absolute Gasteiger partial charge is 0.378 e. The highest BCUT2D eigenvalue weighted by atomic mass is 127. The van der Waals surface area contributed by atoms with Gasteiger partial charge in [0, 0.05) is 20.5 Å². The summed E-state index contributed by atoms with van der Waals surface area (Å²) >= 11 is 2.32. The van der Waals surface area contributed by atoms with Gasteiger partial charge in [0.15, 0.2) is 6.10 Å². The van der Waals surface area contributed by atoms with E-state index in [4.69, 9.17) is 0 Å². The zero-order chi connectivity index (χ0) is 19.4. The van der Waals surface area contributed by atoms with Crippen LogP contribution in [0.3, 0.4) is 0 Å². The highest BCUT2D eigenvalue weighted by Gasteiger charge is 2.16. The maximum atomic E-state index is 12.1. The van der Waals surface area contributed by atoms with E-state index in [-0.39, 0.29) is 0 Å². The maximum absolute atomic E-state index is 12.1. The Labute approximate surface area is 171 Å². The number of hydrogen-bond acceptors (Lipinski definition) is 3. The fraction of sp³-hybridized carbons (Fsp3) is 0.143. The molecule has 1 amide bonds. The van der Waals surface area contributed by atoms with Gasteiger partial charge < -0.3 is 9.67 Å². The van der Waals surface area contributed by atoms with Crippen molar-refractivity contribution in [1.82, 2.24) is 9.99 Å². The number of aryl methyl sites for hydroxylation is 1. The van der Waals surface area contributed by atoms with Crippen LogP contribution in [-0.4, -0.2) is 21.8 Å². The predicted molar refractivity (Wildman–Crippen MR) is 115 cm³/mol. The number of benzene rings is 2. The fourth-order valence-electron chi connectivity index (χ4n) is 2.94. The van der Waals surface area contributed by atoms with Crippen LogP contribution >= 0.6 is 22.6 Å². The Morgan fingerprint density at radius 2 is 1.81 bits per heavy atom. The number of nitrogens with zero attached hydrogens (tertiary/aromatic N) is 2. The highest BCUT2D eigenvalue weighted by Crippen LogP contribution is 2.23. The Hall–Kier alpha value is -2.45. The molecule has 5 nitrogen and oxygen atoms in total. The standard InChI is InChI=1S/C21H20IN3O2/c1-14-12-17(15(2)25(14)19-11-7-6-10-18(19)22)13-23-24-21(27)20(26)16-8-4-3-5-9-16/h3-13,20,26H,1-2H3,(H,24,27)/b23-13-/t20-/m1/s1. The second-order valence-corrected chi connectivity index (χ2v) is 7.32. The number of nitrogens with one attached hydrogen (secondary N) is 1. The van der Waals surface area contributed by atoms with E-state index in [9.17, 15) is 9.90 Å². The number of rotatable bonds is 5. The molecule has 6 heteroatoms. The average Bonchev–Trinajstić information content (AvgIpc) is 2.96. The van der Waals surface area contributed by atoms with Crippen LogP contribution in [0.15, 0.2) is 65.8 Å². The summed E-state index contributed by atoms with van der Waals surface area (Å²) in [5.74, 6) is -0.566. The van der Waals surface area contributed by atoms with Crippen LogP contribution < -0.4 is 5.43 Å². The lowest BCUT2D eigenvalue weighted by molar-refractivity contribution is -0.129. The molecule has 1 atom stereocenters. The van der Waals surface area contributed by atoms with Gasteiger partial charge in [-0.3, -0.25) is 4.79 Å². The molecule has 138 valence electrons. The summed E-state index contributed by atoms with van der Waals surface area (Å²) < 4.78 is 3.31. The van der Waals surface area contributed by atoms with Gasteiger partial charge in [-0.2, -0.15) is 5.10 Å². The minimum Gasteiger partial charge on any atom is -0.378 e. The molecule has 3 aromatic rings. The molecule has 0 bridgehead atoms. The normalized spacial score (nSPS) is 12.3. The smallest absolute Gasteiger partial charge is 0.273 e. The average molecular weight is 473 g/mol. The van der Waals surface area contributed by atoms with Gasteiger partial charge >= 0.3 is 0 Å². The number of carbonyl (C=O) groups is 1. The van der Waals surface area contributed by atoms with Crippen LogP contribution in [0.25, 0.3) is 5.69 Å². The van der Waals surface area contributed by atoms with Crippen molar-refractivity contribution in [2.45, 2.75) is 20.0 Å². The summed E-state index contributed by atoms with van der Waals surface area (Å²) in [4.78, 5) is 12.1. The zero-order valence-electron chi connectivity index (χ0n) is 15.1. The second-order valence-electron chi connectivity index (χ2n) is 6.16. The first-order chi connectivity index (χ1) is 13.0. The Balaban J connectivity index is 1.76. The molecule has 0 aliphatic heterocycles. The van der Waals surface area contributed by atoms with Gasteiger partial charge in [-0.1, -0.05) is 42.5 Å². The monoisotopic (exact) mass is 473 g/mol. The summed E-state index contributed by atoms with van der Waals surface area (Å²) in [5, 5.41) is 14.1. The van der Waals surface area contributed by atoms with E-state index in [1.54, 1.807) is 30.5 Å². The van der Waals surface area contributed by atoms with Crippen LogP contribution in [-0.2, 0) is 4.79 Å². The first-order valence-corrected chi connectivity index (χ1v) is 9.56. The number of aliphatic hydroxyl groups excluding tert-OH is 1. The lowest BCUT2D eigenvalue weighted by Gasteiger charge is -2.11. The number of amides is 1. The van der Waals surface area contributed by atoms with E-state index in [0.29, 0.717) is 5.56 Å². The third-order valence-corrected chi connectivity index (χ3v) is 5.22. The van der Waals surface area contributed by atoms with Crippen molar-refractivity contribution in [3.63, 3.8) is 0 Å². The second kappa shape index (κ2) is 8.49. The lowest BCUT2D eigenvalue weighted by Crippen LogP contribution is -2.25. The molecule has 0 saturated heterocycles. The van der Waals surface area contributed by atoms with Crippen LogP contribution in [0, 0.1) is 17.4 Å². The van der Waals surface area contributed by atoms with Crippen molar-refractivity contribution in [2.24, 2.45) is 5.10 Å². The van der Waals surface area contributed by atoms with Gasteiger partial charge in [0.25, 0.3) is 5.91 Å². The highest BCUT2D eigenvalue weighted by molar-refractivity contribution is 14.1. The van der Waals surface area contributed by atoms with Gasteiger partial charge in [-0.25, -0.2) is 5.43 Å². The number of hydrogen-bond donors (Lipinski definition) is 2. The Morgan fingerprint density at radius 1 is 1.15 bits per heavy atom. The molecular weight excluding hydrogens is 453 g/mol. The van der Waals surface area contributed by atoms with E-state index in [0.717, 1.165) is 26.2 Å². The summed E-state index contributed by atoms with van der Waals surface area (Å²) in [7, 11) is 0. The van der Waals surface area contributed by atoms with Gasteiger partial charge in [0.05, 0.1) is 11.9 Å². The van der Waals surface area contributed by atoms with Crippen molar-refractivity contribution in [1.29, 1.82) is 0 Å². The summed E-state index contributed by atoms with van der Waals surface area (Å²) in [6.07, 6.45) is 0.353. The molecule has 0 unspecified atom stereocenters. The molecule has 27 heavy (non-hydrogen) atoms. The van der Waals surface area contributed by atoms with Gasteiger partial charge in [0.1, 0.15) is 0 Å². The van der Waals surface area contributed by atoms with Crippen molar-refractivity contribution < 1.29 is 9.90 Å². The molecule has 0 aliphatic rings. The summed E-state index contributed by atoms with van der Waals surface area (Å²) in [5.41, 5.74) is 7.05. The van der Waals surface area contributed by atoms with E-state index in [1.807, 2.05) is 38.1 Å². The van der Waals surface area contributed by atoms with Crippen LogP contribution in [0.4, 0.5) is 0 Å². The molecule has 3 rings (SSSR count). The molecule has 0 fully saturated rings. The van der Waals surface area contributed by atoms with Crippen molar-refractivity contribution in [2.75, 3.05) is 0 Å². The minimum atomic E-state index is -1.25. The first kappa shape index (κ1) is 19.3. The Kier molecular flexibility index (Phi) is 6.08. The van der Waals surface area contributed by atoms with E-state index < -0.39 is 12.0 Å². The Morgan fingerprint density at radius 3 is 2.52 bits per heavy atom. The molecule has 2 N–H and O–H groups in total. The van der Waals surface area contributed by atoms with Gasteiger partial charge in [-0.05, 0) is 60.2 Å². The van der Waals surface area contributed by atoms with E-state index in [1.165, 1.54) is 0 Å². The molecule has 1 aromatic heterocycles. The van der Waals surface area contributed by atoms with Crippen LogP contribution in [0.5, 0.6) is 0 Å². The van der Waals surface area contributed by atoms with Gasteiger partial charge in [0.2, 0.25) is 0 Å². The minimum absolute atomic E-state index is 0.530. The third kappa shape index (κ3) is 4.28. The number of hydrazone groups is 1. The molecule has 0 aliphatic carbocycles. The van der Waals surface area contributed by atoms with Crippen molar-refractivity contribution in [3.8, 4) is 5.69 Å². The predicted octanol–water partition coefficient (Wildman–Crippen LogP) is 3.88. The van der Waals surface area contributed by atoms with E-state index >= 15 is 0 Å². The summed E-state index contributed by atoms with van der Waals surface area (Å²) in [6, 6.07) is 18.9. The molecule has 0 spiro atoms. The number of aromatic nitrogens is 1. The zero-order valence-corrected chi connectivity index (χ0v) is 17.2. The molecular formula is C21H20IN3O2. The molecule has 2 aromatic carbocycles. The maximum Gasteiger partial charge on any atom is 0.273 e. The SMILES string of the molecule is Cc1cc(/C=N\NC(=O)[C@H](O)c2ccccc2)c(C)n1-c1ccccc1I. The van der Waals surface area contributed by atoms with Crippen LogP contribution in [0.1, 0.15) is 28.6 Å². The molecule has 0 radical (unpaired) electrons. The fourth-order valence-corrected chi connectivity index (χ4v) is 3.56.